The van der Waals surface area contributed by atoms with Gasteiger partial charge in [0.2, 0.25) is 0 Å². The van der Waals surface area contributed by atoms with Gasteiger partial charge in [-0.1, -0.05) is 30.3 Å². The Bertz CT molecular complexity index is 679. The van der Waals surface area contributed by atoms with Gasteiger partial charge in [0.25, 0.3) is 0 Å². The molecule has 0 N–H and O–H groups in total. The molecule has 3 rings (SSSR count). The summed E-state index contributed by atoms with van der Waals surface area (Å²) in [6.07, 6.45) is 0.0337. The summed E-state index contributed by atoms with van der Waals surface area (Å²) in [5, 5.41) is 0. The topological polar surface area (TPSA) is 44.8 Å². The first kappa shape index (κ1) is 14.4. The van der Waals surface area contributed by atoms with E-state index < -0.39 is 0 Å². The Hall–Kier alpha value is -2.49. The van der Waals surface area contributed by atoms with Crippen molar-refractivity contribution in [2.24, 2.45) is 0 Å². The number of carbonyl (C=O) groups excluding carboxylic acids is 1. The standard InChI is InChI=1S/C18H18O4/c1-3-21-16-9-13(20-2)10-17-18(16)14(19)11-15(22-17)12-7-5-4-6-8-12/h4-10,15H,3,11H2,1-2H3. The molecule has 0 amide bonds. The minimum Gasteiger partial charge on any atom is -0.496 e. The molecular weight excluding hydrogens is 280 g/mol. The molecule has 0 spiro atoms. The third-order valence-electron chi connectivity index (χ3n) is 3.67. The molecule has 0 saturated carbocycles. The van der Waals surface area contributed by atoms with Gasteiger partial charge in [0, 0.05) is 12.1 Å². The number of hydrogen-bond donors (Lipinski definition) is 0. The van der Waals surface area contributed by atoms with E-state index in [1.54, 1.807) is 19.2 Å². The number of hydrogen-bond acceptors (Lipinski definition) is 4. The first-order chi connectivity index (χ1) is 10.7. The van der Waals surface area contributed by atoms with Crippen LogP contribution in [0.3, 0.4) is 0 Å². The predicted octanol–water partition coefficient (Wildman–Crippen LogP) is 3.80. The Kier molecular flexibility index (Phi) is 4.00. The third kappa shape index (κ3) is 2.64. The van der Waals surface area contributed by atoms with Crippen LogP contribution in [0.5, 0.6) is 17.2 Å². The van der Waals surface area contributed by atoms with Gasteiger partial charge in [-0.05, 0) is 12.5 Å². The van der Waals surface area contributed by atoms with Crippen LogP contribution in [0.2, 0.25) is 0 Å². The Balaban J connectivity index is 2.02. The molecule has 1 aliphatic heterocycles. The summed E-state index contributed by atoms with van der Waals surface area (Å²) < 4.78 is 16.9. The number of methoxy groups -OCH3 is 1. The van der Waals surface area contributed by atoms with Crippen LogP contribution in [-0.4, -0.2) is 19.5 Å². The van der Waals surface area contributed by atoms with Gasteiger partial charge >= 0.3 is 0 Å². The van der Waals surface area contributed by atoms with Crippen molar-refractivity contribution in [2.45, 2.75) is 19.4 Å². The number of ether oxygens (including phenoxy) is 3. The molecule has 22 heavy (non-hydrogen) atoms. The van der Waals surface area contributed by atoms with Crippen LogP contribution < -0.4 is 14.2 Å². The van der Waals surface area contributed by atoms with Crippen LogP contribution in [0.15, 0.2) is 42.5 Å². The van der Waals surface area contributed by atoms with Crippen molar-refractivity contribution in [1.82, 2.24) is 0 Å². The summed E-state index contributed by atoms with van der Waals surface area (Å²) in [4.78, 5) is 12.6. The van der Waals surface area contributed by atoms with Gasteiger partial charge in [-0.2, -0.15) is 0 Å². The number of Topliss-reactive ketones (excluding diaryl/α,β-unsaturated/α-hetero) is 1. The van der Waals surface area contributed by atoms with Gasteiger partial charge < -0.3 is 14.2 Å². The zero-order valence-corrected chi connectivity index (χ0v) is 12.7. The largest absolute Gasteiger partial charge is 0.496 e. The molecule has 1 unspecified atom stereocenters. The van der Waals surface area contributed by atoms with E-state index in [1.807, 2.05) is 37.3 Å². The average Bonchev–Trinajstić information content (AvgIpc) is 2.55. The molecular formula is C18H18O4. The molecule has 1 heterocycles. The Morgan fingerprint density at radius 3 is 2.68 bits per heavy atom. The summed E-state index contributed by atoms with van der Waals surface area (Å²) in [6, 6.07) is 13.2. The fourth-order valence-electron chi connectivity index (χ4n) is 2.64. The van der Waals surface area contributed by atoms with E-state index in [0.29, 0.717) is 35.8 Å². The minimum atomic E-state index is -0.275. The summed E-state index contributed by atoms with van der Waals surface area (Å²) in [5.41, 5.74) is 1.50. The summed E-state index contributed by atoms with van der Waals surface area (Å²) in [6.45, 7) is 2.36. The van der Waals surface area contributed by atoms with Crippen molar-refractivity contribution in [3.63, 3.8) is 0 Å². The van der Waals surface area contributed by atoms with Gasteiger partial charge in [-0.3, -0.25) is 4.79 Å². The van der Waals surface area contributed by atoms with Crippen molar-refractivity contribution in [3.8, 4) is 17.2 Å². The molecule has 1 atom stereocenters. The molecule has 114 valence electrons. The summed E-state index contributed by atoms with van der Waals surface area (Å²) in [5.74, 6) is 1.69. The third-order valence-corrected chi connectivity index (χ3v) is 3.67. The van der Waals surface area contributed by atoms with Crippen molar-refractivity contribution in [3.05, 3.63) is 53.6 Å². The van der Waals surface area contributed by atoms with Crippen LogP contribution in [0.25, 0.3) is 0 Å². The smallest absolute Gasteiger partial charge is 0.174 e. The number of rotatable bonds is 4. The van der Waals surface area contributed by atoms with Crippen molar-refractivity contribution in [1.29, 1.82) is 0 Å². The highest BCUT2D eigenvalue weighted by Gasteiger charge is 2.31. The van der Waals surface area contributed by atoms with E-state index in [1.165, 1.54) is 0 Å². The monoisotopic (exact) mass is 298 g/mol. The first-order valence-electron chi connectivity index (χ1n) is 7.32. The number of carbonyl (C=O) groups is 1. The van der Waals surface area contributed by atoms with E-state index in [0.717, 1.165) is 5.56 Å². The van der Waals surface area contributed by atoms with Crippen LogP contribution >= 0.6 is 0 Å². The SMILES string of the molecule is CCOc1cc(OC)cc2c1C(=O)CC(c1ccccc1)O2. The number of benzene rings is 2. The number of fused-ring (bicyclic) bond motifs is 1. The van der Waals surface area contributed by atoms with Gasteiger partial charge in [0.05, 0.1) is 20.1 Å². The molecule has 4 nitrogen and oxygen atoms in total. The maximum Gasteiger partial charge on any atom is 0.174 e. The Morgan fingerprint density at radius 1 is 1.23 bits per heavy atom. The van der Waals surface area contributed by atoms with Crippen molar-refractivity contribution in [2.75, 3.05) is 13.7 Å². The second-order valence-electron chi connectivity index (χ2n) is 5.08. The highest BCUT2D eigenvalue weighted by Crippen LogP contribution is 2.42. The zero-order chi connectivity index (χ0) is 15.5. The molecule has 4 heteroatoms. The highest BCUT2D eigenvalue weighted by molar-refractivity contribution is 6.02. The first-order valence-corrected chi connectivity index (χ1v) is 7.32. The van der Waals surface area contributed by atoms with Crippen LogP contribution in [0.4, 0.5) is 0 Å². The maximum absolute atomic E-state index is 12.6. The second kappa shape index (κ2) is 6.10. The second-order valence-corrected chi connectivity index (χ2v) is 5.08. The minimum absolute atomic E-state index is 0.0289. The molecule has 0 bridgehead atoms. The lowest BCUT2D eigenvalue weighted by atomic mass is 9.95. The summed E-state index contributed by atoms with van der Waals surface area (Å²) in [7, 11) is 1.58. The molecule has 2 aromatic rings. The van der Waals surface area contributed by atoms with Crippen LogP contribution in [-0.2, 0) is 0 Å². The Morgan fingerprint density at radius 2 is 2.00 bits per heavy atom. The van der Waals surface area contributed by atoms with E-state index >= 15 is 0 Å². The van der Waals surface area contributed by atoms with Gasteiger partial charge in [0.1, 0.15) is 28.9 Å². The van der Waals surface area contributed by atoms with Gasteiger partial charge in [0.15, 0.2) is 5.78 Å². The lowest BCUT2D eigenvalue weighted by molar-refractivity contribution is 0.0843. The number of ketones is 1. The van der Waals surface area contributed by atoms with Crippen molar-refractivity contribution >= 4 is 5.78 Å². The van der Waals surface area contributed by atoms with Crippen molar-refractivity contribution < 1.29 is 19.0 Å². The maximum atomic E-state index is 12.6. The van der Waals surface area contributed by atoms with E-state index in [4.69, 9.17) is 14.2 Å². The van der Waals surface area contributed by atoms with E-state index in [2.05, 4.69) is 0 Å². The van der Waals surface area contributed by atoms with E-state index in [9.17, 15) is 4.79 Å². The lowest BCUT2D eigenvalue weighted by Crippen LogP contribution is -2.21. The van der Waals surface area contributed by atoms with Crippen LogP contribution in [0, 0.1) is 0 Å². The fraction of sp³-hybridized carbons (Fsp3) is 0.278. The Labute approximate surface area is 129 Å². The zero-order valence-electron chi connectivity index (χ0n) is 12.7. The molecule has 1 aliphatic rings. The molecule has 0 aliphatic carbocycles. The van der Waals surface area contributed by atoms with Gasteiger partial charge in [-0.15, -0.1) is 0 Å². The van der Waals surface area contributed by atoms with E-state index in [-0.39, 0.29) is 11.9 Å². The van der Waals surface area contributed by atoms with Gasteiger partial charge in [-0.25, -0.2) is 0 Å². The average molecular weight is 298 g/mol. The molecule has 0 radical (unpaired) electrons. The quantitative estimate of drug-likeness (QED) is 0.861. The lowest BCUT2D eigenvalue weighted by Gasteiger charge is -2.27. The molecule has 0 saturated heterocycles. The molecule has 0 fully saturated rings. The summed E-state index contributed by atoms with van der Waals surface area (Å²) >= 11 is 0. The molecule has 0 aromatic heterocycles. The predicted molar refractivity (Wildman–Crippen MR) is 82.9 cm³/mol. The highest BCUT2D eigenvalue weighted by atomic mass is 16.5. The molecule has 2 aromatic carbocycles. The normalized spacial score (nSPS) is 16.6. The van der Waals surface area contributed by atoms with Crippen LogP contribution in [0.1, 0.15) is 35.4 Å². The fourth-order valence-corrected chi connectivity index (χ4v) is 2.64.